The first kappa shape index (κ1) is 29.7. The van der Waals surface area contributed by atoms with Gasteiger partial charge in [0.15, 0.2) is 0 Å². The van der Waals surface area contributed by atoms with E-state index >= 15 is 0 Å². The summed E-state index contributed by atoms with van der Waals surface area (Å²) in [6, 6.07) is 14.5. The normalized spacial score (nSPS) is 29.6. The molecule has 0 aliphatic heterocycles. The van der Waals surface area contributed by atoms with E-state index in [2.05, 4.69) is 17.6 Å². The Hall–Kier alpha value is -3.30. The number of aliphatic hydroxyl groups is 2. The van der Waals surface area contributed by atoms with E-state index in [0.29, 0.717) is 43.7 Å². The summed E-state index contributed by atoms with van der Waals surface area (Å²) in [5, 5.41) is 27.5. The van der Waals surface area contributed by atoms with Crippen molar-refractivity contribution >= 4 is 17.7 Å². The average Bonchev–Trinajstić information content (AvgIpc) is 2.96. The number of rotatable bonds is 9. The zero-order valence-corrected chi connectivity index (χ0v) is 23.8. The van der Waals surface area contributed by atoms with Gasteiger partial charge in [-0.25, -0.2) is 4.79 Å². The minimum atomic E-state index is -0.720. The van der Waals surface area contributed by atoms with Crippen molar-refractivity contribution in [2.45, 2.75) is 64.7 Å². The highest BCUT2D eigenvalue weighted by Gasteiger charge is 2.60. The Kier molecular flexibility index (Phi) is 9.26. The summed E-state index contributed by atoms with van der Waals surface area (Å²) in [4.78, 5) is 25.9. The van der Waals surface area contributed by atoms with Crippen molar-refractivity contribution in [1.82, 2.24) is 5.32 Å². The quantitative estimate of drug-likeness (QED) is 0.359. The number of methoxy groups -OCH3 is 2. The molecule has 6 atom stereocenters. The number of hydrogen-bond donors (Lipinski definition) is 4. The molecule has 2 aromatic rings. The van der Waals surface area contributed by atoms with Crippen LogP contribution in [0.15, 0.2) is 48.5 Å². The van der Waals surface area contributed by atoms with Gasteiger partial charge in [0.2, 0.25) is 5.91 Å². The summed E-state index contributed by atoms with van der Waals surface area (Å²) < 4.78 is 16.3. The lowest BCUT2D eigenvalue weighted by Crippen LogP contribution is -2.61. The third-order valence-electron chi connectivity index (χ3n) is 9.32. The predicted molar refractivity (Wildman–Crippen MR) is 151 cm³/mol. The van der Waals surface area contributed by atoms with Crippen LogP contribution >= 0.6 is 0 Å². The van der Waals surface area contributed by atoms with Crippen LogP contribution in [0.25, 0.3) is 0 Å². The van der Waals surface area contributed by atoms with E-state index in [4.69, 9.17) is 14.2 Å². The largest absolute Gasteiger partial charge is 0.497 e. The van der Waals surface area contributed by atoms with Crippen molar-refractivity contribution in [1.29, 1.82) is 0 Å². The minimum absolute atomic E-state index is 0.0414. The van der Waals surface area contributed by atoms with Gasteiger partial charge in [-0.15, -0.1) is 0 Å². The average molecular weight is 555 g/mol. The van der Waals surface area contributed by atoms with Gasteiger partial charge >= 0.3 is 6.09 Å². The van der Waals surface area contributed by atoms with Gasteiger partial charge in [-0.2, -0.15) is 0 Å². The molecule has 2 aliphatic carbocycles. The van der Waals surface area contributed by atoms with E-state index in [1.165, 1.54) is 0 Å². The van der Waals surface area contributed by atoms with Crippen LogP contribution in [-0.4, -0.2) is 55.2 Å². The fraction of sp³-hybridized carbons (Fsp3) is 0.548. The maximum Gasteiger partial charge on any atom is 0.411 e. The van der Waals surface area contributed by atoms with E-state index in [0.717, 1.165) is 11.3 Å². The summed E-state index contributed by atoms with van der Waals surface area (Å²) in [7, 11) is 3.19. The summed E-state index contributed by atoms with van der Waals surface area (Å²) in [6.45, 7) is 4.29. The molecule has 2 aromatic carbocycles. The molecule has 218 valence electrons. The number of anilines is 1. The number of hydrogen-bond acceptors (Lipinski definition) is 7. The minimum Gasteiger partial charge on any atom is -0.497 e. The third kappa shape index (κ3) is 6.20. The lowest BCUT2D eigenvalue weighted by Gasteiger charge is -2.60. The van der Waals surface area contributed by atoms with Crippen molar-refractivity contribution in [2.24, 2.45) is 22.7 Å². The smallest absolute Gasteiger partial charge is 0.411 e. The molecule has 0 saturated heterocycles. The van der Waals surface area contributed by atoms with Gasteiger partial charge in [0.25, 0.3) is 0 Å². The first-order valence-electron chi connectivity index (χ1n) is 13.9. The molecule has 4 rings (SSSR count). The van der Waals surface area contributed by atoms with Gasteiger partial charge in [0.1, 0.15) is 17.6 Å². The van der Waals surface area contributed by atoms with Crippen molar-refractivity contribution in [3.05, 3.63) is 54.1 Å². The van der Waals surface area contributed by atoms with E-state index in [1.807, 2.05) is 31.2 Å². The Morgan fingerprint density at radius 3 is 2.17 bits per heavy atom. The Labute approximate surface area is 236 Å². The molecule has 40 heavy (non-hydrogen) atoms. The molecule has 2 fully saturated rings. The number of carbonyl (C=O) groups excluding carboxylic acids is 2. The Bertz CT molecular complexity index is 1160. The zero-order chi connectivity index (χ0) is 28.9. The van der Waals surface area contributed by atoms with Crippen molar-refractivity contribution < 1.29 is 34.0 Å². The first-order chi connectivity index (χ1) is 19.1. The monoisotopic (exact) mass is 554 g/mol. The Morgan fingerprint density at radius 2 is 1.57 bits per heavy atom. The Morgan fingerprint density at radius 1 is 0.950 bits per heavy atom. The number of fused-ring (bicyclic) bond motifs is 1. The zero-order valence-electron chi connectivity index (χ0n) is 23.8. The summed E-state index contributed by atoms with van der Waals surface area (Å²) in [5.41, 5.74) is 0.417. The van der Waals surface area contributed by atoms with Crippen LogP contribution in [0.2, 0.25) is 0 Å². The van der Waals surface area contributed by atoms with Crippen LogP contribution in [0.4, 0.5) is 10.5 Å². The number of ether oxygens (including phenoxy) is 3. The molecule has 0 bridgehead atoms. The topological polar surface area (TPSA) is 126 Å². The number of aliphatic hydroxyl groups excluding tert-OH is 2. The maximum atomic E-state index is 13.0. The lowest BCUT2D eigenvalue weighted by molar-refractivity contribution is -0.185. The van der Waals surface area contributed by atoms with Crippen LogP contribution in [-0.2, 0) is 16.1 Å². The van der Waals surface area contributed by atoms with E-state index in [9.17, 15) is 19.8 Å². The van der Waals surface area contributed by atoms with Gasteiger partial charge in [-0.1, -0.05) is 26.0 Å². The molecular formula is C31H42N2O7. The van der Waals surface area contributed by atoms with Gasteiger partial charge in [0, 0.05) is 24.1 Å². The second-order valence-corrected chi connectivity index (χ2v) is 11.6. The molecule has 0 radical (unpaired) electrons. The second kappa shape index (κ2) is 12.5. The fourth-order valence-electron chi connectivity index (χ4n) is 6.95. The number of amides is 2. The van der Waals surface area contributed by atoms with Gasteiger partial charge in [0.05, 0.1) is 26.9 Å². The molecule has 6 unspecified atom stereocenters. The predicted octanol–water partition coefficient (Wildman–Crippen LogP) is 4.51. The molecule has 9 heteroatoms. The van der Waals surface area contributed by atoms with E-state index < -0.39 is 29.1 Å². The SMILES string of the molecule is COc1ccc(CNC(=O)CC2C(O)CCC3C(C)(CO)C(OC(=O)Nc4ccc(OC)cc4)CCC23C)cc1. The van der Waals surface area contributed by atoms with Crippen LogP contribution in [0.3, 0.4) is 0 Å². The van der Waals surface area contributed by atoms with Crippen LogP contribution in [0.1, 0.15) is 51.5 Å². The molecule has 0 aromatic heterocycles. The van der Waals surface area contributed by atoms with Gasteiger partial charge in [-0.05, 0) is 84.9 Å². The van der Waals surface area contributed by atoms with Crippen molar-refractivity contribution in [3.63, 3.8) is 0 Å². The highest BCUT2D eigenvalue weighted by Crippen LogP contribution is 2.61. The number of carbonyl (C=O) groups is 2. The number of benzene rings is 2. The van der Waals surface area contributed by atoms with Crippen molar-refractivity contribution in [3.8, 4) is 11.5 Å². The van der Waals surface area contributed by atoms with Gasteiger partial charge in [-0.3, -0.25) is 10.1 Å². The molecule has 4 N–H and O–H groups in total. The Balaban J connectivity index is 1.42. The summed E-state index contributed by atoms with van der Waals surface area (Å²) in [5.74, 6) is 0.998. The molecule has 0 spiro atoms. The third-order valence-corrected chi connectivity index (χ3v) is 9.32. The molecule has 2 saturated carbocycles. The van der Waals surface area contributed by atoms with Crippen LogP contribution < -0.4 is 20.1 Å². The first-order valence-corrected chi connectivity index (χ1v) is 13.9. The highest BCUT2D eigenvalue weighted by molar-refractivity contribution is 5.84. The highest BCUT2D eigenvalue weighted by atomic mass is 16.6. The lowest BCUT2D eigenvalue weighted by atomic mass is 9.46. The second-order valence-electron chi connectivity index (χ2n) is 11.6. The van der Waals surface area contributed by atoms with Gasteiger partial charge < -0.3 is 29.7 Å². The fourth-order valence-corrected chi connectivity index (χ4v) is 6.95. The number of nitrogens with one attached hydrogen (secondary N) is 2. The molecule has 2 amide bonds. The molecule has 2 aliphatic rings. The van der Waals surface area contributed by atoms with Crippen LogP contribution in [0, 0.1) is 22.7 Å². The maximum absolute atomic E-state index is 13.0. The standard InChI is InChI=1S/C31H42N2O7/c1-30-16-15-27(40-29(37)33-21-7-11-23(39-4)12-8-21)31(2,19-34)26(30)14-13-25(35)24(30)17-28(36)32-18-20-5-9-22(38-3)10-6-20/h5-12,24-27,34-35H,13-19H2,1-4H3,(H,32,36)(H,33,37). The summed E-state index contributed by atoms with van der Waals surface area (Å²) >= 11 is 0. The van der Waals surface area contributed by atoms with E-state index in [-0.39, 0.29) is 30.8 Å². The molecular weight excluding hydrogens is 512 g/mol. The molecule has 9 nitrogen and oxygen atoms in total. The van der Waals surface area contributed by atoms with Crippen molar-refractivity contribution in [2.75, 3.05) is 26.1 Å². The summed E-state index contributed by atoms with van der Waals surface area (Å²) in [6.07, 6.45) is 0.882. The molecule has 0 heterocycles. The van der Waals surface area contributed by atoms with E-state index in [1.54, 1.807) is 38.5 Å². The van der Waals surface area contributed by atoms with Crippen LogP contribution in [0.5, 0.6) is 11.5 Å².